The van der Waals surface area contributed by atoms with E-state index < -0.39 is 0 Å². The highest BCUT2D eigenvalue weighted by Gasteiger charge is 2.12. The molecule has 0 radical (unpaired) electrons. The van der Waals surface area contributed by atoms with Gasteiger partial charge in [-0.25, -0.2) is 0 Å². The number of hydrogen-bond acceptors (Lipinski definition) is 2. The van der Waals surface area contributed by atoms with Crippen molar-refractivity contribution in [1.82, 2.24) is 5.32 Å². The molecule has 16 heavy (non-hydrogen) atoms. The number of hydrogen-bond donors (Lipinski definition) is 2. The fourth-order valence-corrected chi connectivity index (χ4v) is 1.97. The molecule has 0 amide bonds. The highest BCUT2D eigenvalue weighted by atomic mass is 15.0. The van der Waals surface area contributed by atoms with Gasteiger partial charge in [0.25, 0.3) is 0 Å². The highest BCUT2D eigenvalue weighted by molar-refractivity contribution is 5.30. The fraction of sp³-hybridized carbons (Fsp3) is 0.571. The van der Waals surface area contributed by atoms with E-state index >= 15 is 0 Å². The normalized spacial score (nSPS) is 14.8. The molecular formula is C14H24N2. The zero-order chi connectivity index (χ0) is 12.1. The average molecular weight is 220 g/mol. The fourth-order valence-electron chi connectivity index (χ4n) is 1.97. The van der Waals surface area contributed by atoms with E-state index in [2.05, 4.69) is 51.2 Å². The van der Waals surface area contributed by atoms with Gasteiger partial charge in [0.2, 0.25) is 0 Å². The smallest absolute Gasteiger partial charge is 0.0446 e. The van der Waals surface area contributed by atoms with E-state index in [9.17, 15) is 0 Å². The Morgan fingerprint density at radius 3 is 2.19 bits per heavy atom. The standard InChI is InChI=1S/C14H24N2/c1-5-12(4)16-14(9-15)13-7-10(2)6-11(3)8-13/h6-8,12,14,16H,5,9,15H2,1-4H3. The molecule has 2 heteroatoms. The summed E-state index contributed by atoms with van der Waals surface area (Å²) in [7, 11) is 0. The maximum absolute atomic E-state index is 5.85. The molecule has 0 aromatic heterocycles. The molecule has 0 saturated carbocycles. The SMILES string of the molecule is CCC(C)NC(CN)c1cc(C)cc(C)c1. The summed E-state index contributed by atoms with van der Waals surface area (Å²) in [6.45, 7) is 9.30. The van der Waals surface area contributed by atoms with Crippen LogP contribution in [0.15, 0.2) is 18.2 Å². The van der Waals surface area contributed by atoms with Crippen LogP contribution >= 0.6 is 0 Å². The Kier molecular flexibility index (Phi) is 4.97. The number of nitrogens with one attached hydrogen (secondary N) is 1. The molecule has 1 aromatic carbocycles. The van der Waals surface area contributed by atoms with Crippen LogP contribution in [-0.2, 0) is 0 Å². The summed E-state index contributed by atoms with van der Waals surface area (Å²) in [6.07, 6.45) is 1.13. The highest BCUT2D eigenvalue weighted by Crippen LogP contribution is 2.17. The second kappa shape index (κ2) is 6.02. The van der Waals surface area contributed by atoms with Crippen LogP contribution in [0.2, 0.25) is 0 Å². The summed E-state index contributed by atoms with van der Waals surface area (Å²) in [6, 6.07) is 7.42. The first-order valence-electron chi connectivity index (χ1n) is 6.11. The molecule has 0 aliphatic heterocycles. The van der Waals surface area contributed by atoms with Gasteiger partial charge < -0.3 is 11.1 Å². The minimum Gasteiger partial charge on any atom is -0.329 e. The van der Waals surface area contributed by atoms with Gasteiger partial charge in [-0.1, -0.05) is 36.2 Å². The molecule has 0 aliphatic rings. The first kappa shape index (κ1) is 13.2. The molecule has 0 aliphatic carbocycles. The summed E-state index contributed by atoms with van der Waals surface area (Å²) >= 11 is 0. The lowest BCUT2D eigenvalue weighted by Crippen LogP contribution is -2.34. The van der Waals surface area contributed by atoms with Crippen molar-refractivity contribution in [3.63, 3.8) is 0 Å². The summed E-state index contributed by atoms with van der Waals surface area (Å²) in [5.41, 5.74) is 9.76. The molecule has 0 saturated heterocycles. The molecule has 0 fully saturated rings. The third-order valence-corrected chi connectivity index (χ3v) is 2.98. The predicted molar refractivity (Wildman–Crippen MR) is 70.6 cm³/mol. The number of rotatable bonds is 5. The van der Waals surface area contributed by atoms with Gasteiger partial charge in [-0.3, -0.25) is 0 Å². The molecule has 90 valence electrons. The zero-order valence-corrected chi connectivity index (χ0v) is 10.9. The quantitative estimate of drug-likeness (QED) is 0.800. The first-order valence-corrected chi connectivity index (χ1v) is 6.11. The molecular weight excluding hydrogens is 196 g/mol. The monoisotopic (exact) mass is 220 g/mol. The summed E-state index contributed by atoms with van der Waals surface area (Å²) in [5, 5.41) is 3.56. The van der Waals surface area contributed by atoms with Gasteiger partial charge >= 0.3 is 0 Å². The Labute approximate surface area is 99.2 Å². The van der Waals surface area contributed by atoms with Gasteiger partial charge in [-0.2, -0.15) is 0 Å². The van der Waals surface area contributed by atoms with Crippen LogP contribution in [-0.4, -0.2) is 12.6 Å². The topological polar surface area (TPSA) is 38.0 Å². The van der Waals surface area contributed by atoms with E-state index in [0.29, 0.717) is 12.6 Å². The molecule has 1 aromatic rings. The van der Waals surface area contributed by atoms with Crippen LogP contribution in [0, 0.1) is 13.8 Å². The summed E-state index contributed by atoms with van der Waals surface area (Å²) in [4.78, 5) is 0. The van der Waals surface area contributed by atoms with Crippen molar-refractivity contribution in [3.8, 4) is 0 Å². The van der Waals surface area contributed by atoms with Crippen LogP contribution < -0.4 is 11.1 Å². The van der Waals surface area contributed by atoms with Crippen molar-refractivity contribution < 1.29 is 0 Å². The zero-order valence-electron chi connectivity index (χ0n) is 10.9. The number of aryl methyl sites for hydroxylation is 2. The Bertz CT molecular complexity index is 313. The van der Waals surface area contributed by atoms with Crippen molar-refractivity contribution in [1.29, 1.82) is 0 Å². The van der Waals surface area contributed by atoms with Crippen LogP contribution in [0.5, 0.6) is 0 Å². The predicted octanol–water partition coefficient (Wildman–Crippen LogP) is 2.69. The summed E-state index contributed by atoms with van der Waals surface area (Å²) < 4.78 is 0. The minimum atomic E-state index is 0.272. The van der Waals surface area contributed by atoms with Gasteiger partial charge in [0, 0.05) is 18.6 Å². The van der Waals surface area contributed by atoms with Crippen molar-refractivity contribution in [2.45, 2.75) is 46.2 Å². The Balaban J connectivity index is 2.86. The van der Waals surface area contributed by atoms with Crippen molar-refractivity contribution in [3.05, 3.63) is 34.9 Å². The third kappa shape index (κ3) is 3.62. The van der Waals surface area contributed by atoms with E-state index in [1.165, 1.54) is 16.7 Å². The molecule has 0 spiro atoms. The van der Waals surface area contributed by atoms with Gasteiger partial charge in [-0.05, 0) is 32.8 Å². The summed E-state index contributed by atoms with van der Waals surface area (Å²) in [5.74, 6) is 0. The van der Waals surface area contributed by atoms with E-state index in [1.54, 1.807) is 0 Å². The number of benzene rings is 1. The largest absolute Gasteiger partial charge is 0.329 e. The molecule has 2 unspecified atom stereocenters. The van der Waals surface area contributed by atoms with E-state index in [0.717, 1.165) is 6.42 Å². The van der Waals surface area contributed by atoms with Gasteiger partial charge in [0.15, 0.2) is 0 Å². The van der Waals surface area contributed by atoms with E-state index in [-0.39, 0.29) is 6.04 Å². The third-order valence-electron chi connectivity index (χ3n) is 2.98. The molecule has 2 atom stereocenters. The van der Waals surface area contributed by atoms with Crippen molar-refractivity contribution in [2.75, 3.05) is 6.54 Å². The van der Waals surface area contributed by atoms with Crippen LogP contribution in [0.25, 0.3) is 0 Å². The average Bonchev–Trinajstić information content (AvgIpc) is 2.24. The lowest BCUT2D eigenvalue weighted by atomic mass is 10.0. The molecule has 3 N–H and O–H groups in total. The van der Waals surface area contributed by atoms with Crippen molar-refractivity contribution >= 4 is 0 Å². The number of nitrogens with two attached hydrogens (primary N) is 1. The van der Waals surface area contributed by atoms with E-state index in [4.69, 9.17) is 5.73 Å². The Hall–Kier alpha value is -0.860. The lowest BCUT2D eigenvalue weighted by Gasteiger charge is -2.22. The molecule has 2 nitrogen and oxygen atoms in total. The van der Waals surface area contributed by atoms with Gasteiger partial charge in [0.05, 0.1) is 0 Å². The second-order valence-corrected chi connectivity index (χ2v) is 4.69. The Morgan fingerprint density at radius 1 is 1.19 bits per heavy atom. The maximum Gasteiger partial charge on any atom is 0.0446 e. The minimum absolute atomic E-state index is 0.272. The molecule has 0 bridgehead atoms. The van der Waals surface area contributed by atoms with Gasteiger partial charge in [-0.15, -0.1) is 0 Å². The van der Waals surface area contributed by atoms with Crippen molar-refractivity contribution in [2.24, 2.45) is 5.73 Å². The van der Waals surface area contributed by atoms with E-state index in [1.807, 2.05) is 0 Å². The van der Waals surface area contributed by atoms with Crippen LogP contribution in [0.4, 0.5) is 0 Å². The first-order chi connectivity index (χ1) is 7.56. The van der Waals surface area contributed by atoms with Gasteiger partial charge in [0.1, 0.15) is 0 Å². The van der Waals surface area contributed by atoms with Crippen LogP contribution in [0.3, 0.4) is 0 Å². The molecule has 0 heterocycles. The lowest BCUT2D eigenvalue weighted by molar-refractivity contribution is 0.451. The molecule has 1 rings (SSSR count). The van der Waals surface area contributed by atoms with Crippen LogP contribution in [0.1, 0.15) is 43.0 Å². The second-order valence-electron chi connectivity index (χ2n) is 4.69. The maximum atomic E-state index is 5.85. The Morgan fingerprint density at radius 2 is 1.75 bits per heavy atom.